The fraction of sp³-hybridized carbons (Fsp3) is 0.846. The molecule has 0 aromatic carbocycles. The summed E-state index contributed by atoms with van der Waals surface area (Å²) >= 11 is 0. The second kappa shape index (κ2) is 6.15. The molecule has 1 heterocycles. The van der Waals surface area contributed by atoms with Crippen molar-refractivity contribution in [2.75, 3.05) is 6.54 Å². The Hall–Kier alpha value is -0.900. The molecule has 1 aromatic rings. The average Bonchev–Trinajstić information content (AvgIpc) is 2.61. The first-order chi connectivity index (χ1) is 7.95. The van der Waals surface area contributed by atoms with Crippen molar-refractivity contribution in [1.29, 1.82) is 0 Å². The molecule has 1 atom stereocenters. The summed E-state index contributed by atoms with van der Waals surface area (Å²) in [7, 11) is 1.92. The van der Waals surface area contributed by atoms with Gasteiger partial charge in [0.25, 0.3) is 0 Å². The maximum absolute atomic E-state index is 4.20. The Kier molecular flexibility index (Phi) is 5.12. The average molecular weight is 238 g/mol. The van der Waals surface area contributed by atoms with E-state index < -0.39 is 0 Å². The highest BCUT2D eigenvalue weighted by atomic mass is 15.4. The van der Waals surface area contributed by atoms with E-state index in [-0.39, 0.29) is 5.41 Å². The summed E-state index contributed by atoms with van der Waals surface area (Å²) in [5, 5.41) is 11.7. The van der Waals surface area contributed by atoms with Gasteiger partial charge in [-0.2, -0.15) is 0 Å². The molecule has 0 saturated carbocycles. The molecule has 17 heavy (non-hydrogen) atoms. The summed E-state index contributed by atoms with van der Waals surface area (Å²) in [6, 6.07) is 0.535. The van der Waals surface area contributed by atoms with Crippen LogP contribution in [0.25, 0.3) is 0 Å². The molecule has 1 aromatic heterocycles. The Morgan fingerprint density at radius 1 is 1.47 bits per heavy atom. The predicted molar refractivity (Wildman–Crippen MR) is 70.9 cm³/mol. The topological polar surface area (TPSA) is 42.7 Å². The van der Waals surface area contributed by atoms with E-state index >= 15 is 0 Å². The quantitative estimate of drug-likeness (QED) is 0.791. The van der Waals surface area contributed by atoms with Gasteiger partial charge in [0.1, 0.15) is 0 Å². The van der Waals surface area contributed by atoms with E-state index in [0.717, 1.165) is 18.7 Å². The van der Waals surface area contributed by atoms with Crippen molar-refractivity contribution in [3.8, 4) is 0 Å². The van der Waals surface area contributed by atoms with E-state index in [1.807, 2.05) is 13.2 Å². The molecule has 0 aliphatic rings. The minimum Gasteiger partial charge on any atom is -0.314 e. The van der Waals surface area contributed by atoms with E-state index in [1.165, 1.54) is 12.8 Å². The molecule has 98 valence electrons. The van der Waals surface area contributed by atoms with E-state index in [2.05, 4.69) is 43.3 Å². The molecular weight excluding hydrogens is 212 g/mol. The van der Waals surface area contributed by atoms with Gasteiger partial charge >= 0.3 is 0 Å². The zero-order chi connectivity index (χ0) is 12.9. The smallest absolute Gasteiger partial charge is 0.0832 e. The van der Waals surface area contributed by atoms with Crippen LogP contribution in [0.3, 0.4) is 0 Å². The van der Waals surface area contributed by atoms with Gasteiger partial charge in [-0.3, -0.25) is 4.68 Å². The Balaban J connectivity index is 2.63. The Morgan fingerprint density at radius 2 is 2.18 bits per heavy atom. The molecule has 4 nitrogen and oxygen atoms in total. The maximum Gasteiger partial charge on any atom is 0.0832 e. The van der Waals surface area contributed by atoms with Crippen LogP contribution in [-0.4, -0.2) is 27.6 Å². The third-order valence-electron chi connectivity index (χ3n) is 3.05. The summed E-state index contributed by atoms with van der Waals surface area (Å²) in [4.78, 5) is 0. The van der Waals surface area contributed by atoms with Gasteiger partial charge < -0.3 is 5.32 Å². The fourth-order valence-electron chi connectivity index (χ4n) is 2.21. The molecule has 0 amide bonds. The monoisotopic (exact) mass is 238 g/mol. The molecule has 0 bridgehead atoms. The van der Waals surface area contributed by atoms with Crippen LogP contribution in [0.5, 0.6) is 0 Å². The number of hydrogen-bond donors (Lipinski definition) is 1. The molecule has 0 radical (unpaired) electrons. The fourth-order valence-corrected chi connectivity index (χ4v) is 2.21. The number of nitrogens with zero attached hydrogens (tertiary/aromatic N) is 3. The standard InChI is InChI=1S/C13H26N4/c1-6-7-13(4,10-14-11(2)3)8-12-9-17(5)16-15-12/h9,11,14H,6-8,10H2,1-5H3. The lowest BCUT2D eigenvalue weighted by molar-refractivity contribution is 0.264. The Labute approximate surface area is 105 Å². The SMILES string of the molecule is CCCC(C)(CNC(C)C)Cc1cn(C)nn1. The molecule has 0 spiro atoms. The van der Waals surface area contributed by atoms with Crippen molar-refractivity contribution < 1.29 is 0 Å². The highest BCUT2D eigenvalue weighted by Crippen LogP contribution is 2.26. The maximum atomic E-state index is 4.20. The van der Waals surface area contributed by atoms with Crippen molar-refractivity contribution in [2.45, 2.75) is 53.0 Å². The summed E-state index contributed by atoms with van der Waals surface area (Å²) < 4.78 is 1.78. The Bertz CT molecular complexity index is 332. The van der Waals surface area contributed by atoms with Crippen LogP contribution in [0.1, 0.15) is 46.2 Å². The van der Waals surface area contributed by atoms with Crippen molar-refractivity contribution in [1.82, 2.24) is 20.3 Å². The molecule has 0 aliphatic carbocycles. The van der Waals surface area contributed by atoms with E-state index in [0.29, 0.717) is 6.04 Å². The van der Waals surface area contributed by atoms with E-state index in [9.17, 15) is 0 Å². The Morgan fingerprint density at radius 3 is 2.65 bits per heavy atom. The van der Waals surface area contributed by atoms with Crippen molar-refractivity contribution in [2.24, 2.45) is 12.5 Å². The first-order valence-electron chi connectivity index (χ1n) is 6.54. The molecule has 1 unspecified atom stereocenters. The van der Waals surface area contributed by atoms with Gasteiger partial charge in [-0.05, 0) is 18.3 Å². The van der Waals surface area contributed by atoms with Crippen LogP contribution >= 0.6 is 0 Å². The minimum absolute atomic E-state index is 0.273. The normalized spacial score (nSPS) is 15.2. The summed E-state index contributed by atoms with van der Waals surface area (Å²) in [5.74, 6) is 0. The van der Waals surface area contributed by atoms with Crippen LogP contribution in [0, 0.1) is 5.41 Å². The van der Waals surface area contributed by atoms with Crippen LogP contribution < -0.4 is 5.32 Å². The number of nitrogens with one attached hydrogen (secondary N) is 1. The molecule has 0 saturated heterocycles. The van der Waals surface area contributed by atoms with Gasteiger partial charge in [-0.1, -0.05) is 39.3 Å². The van der Waals surface area contributed by atoms with Crippen LogP contribution in [0.2, 0.25) is 0 Å². The molecule has 0 aliphatic heterocycles. The van der Waals surface area contributed by atoms with Crippen molar-refractivity contribution in [3.05, 3.63) is 11.9 Å². The van der Waals surface area contributed by atoms with Gasteiger partial charge in [0.2, 0.25) is 0 Å². The first kappa shape index (κ1) is 14.2. The highest BCUT2D eigenvalue weighted by molar-refractivity contribution is 4.98. The molecule has 0 fully saturated rings. The number of aromatic nitrogens is 3. The zero-order valence-electron chi connectivity index (χ0n) is 11.8. The molecular formula is C13H26N4. The van der Waals surface area contributed by atoms with Crippen LogP contribution in [0.15, 0.2) is 6.20 Å². The summed E-state index contributed by atoms with van der Waals surface area (Å²) in [6.07, 6.45) is 5.43. The molecule has 1 N–H and O–H groups in total. The van der Waals surface area contributed by atoms with Gasteiger partial charge in [0.05, 0.1) is 5.69 Å². The lowest BCUT2D eigenvalue weighted by Crippen LogP contribution is -2.37. The van der Waals surface area contributed by atoms with Crippen LogP contribution in [0.4, 0.5) is 0 Å². The van der Waals surface area contributed by atoms with E-state index in [4.69, 9.17) is 0 Å². The highest BCUT2D eigenvalue weighted by Gasteiger charge is 2.25. The largest absolute Gasteiger partial charge is 0.314 e. The number of hydrogen-bond acceptors (Lipinski definition) is 3. The third kappa shape index (κ3) is 4.86. The zero-order valence-corrected chi connectivity index (χ0v) is 11.8. The van der Waals surface area contributed by atoms with E-state index in [1.54, 1.807) is 4.68 Å². The summed E-state index contributed by atoms with van der Waals surface area (Å²) in [5.41, 5.74) is 1.36. The minimum atomic E-state index is 0.273. The number of rotatable bonds is 7. The first-order valence-corrected chi connectivity index (χ1v) is 6.54. The van der Waals surface area contributed by atoms with Gasteiger partial charge in [0.15, 0.2) is 0 Å². The predicted octanol–water partition coefficient (Wildman–Crippen LogP) is 2.16. The van der Waals surface area contributed by atoms with Gasteiger partial charge in [-0.25, -0.2) is 0 Å². The number of aryl methyl sites for hydroxylation is 1. The lowest BCUT2D eigenvalue weighted by Gasteiger charge is -2.30. The molecule has 4 heteroatoms. The van der Waals surface area contributed by atoms with Gasteiger partial charge in [0, 0.05) is 25.8 Å². The second-order valence-electron chi connectivity index (χ2n) is 5.66. The van der Waals surface area contributed by atoms with Crippen molar-refractivity contribution in [3.63, 3.8) is 0 Å². The van der Waals surface area contributed by atoms with Crippen molar-refractivity contribution >= 4 is 0 Å². The lowest BCUT2D eigenvalue weighted by atomic mass is 9.81. The van der Waals surface area contributed by atoms with Crippen LogP contribution in [-0.2, 0) is 13.5 Å². The summed E-state index contributed by atoms with van der Waals surface area (Å²) in [6.45, 7) is 9.99. The van der Waals surface area contributed by atoms with Gasteiger partial charge in [-0.15, -0.1) is 5.10 Å². The second-order valence-corrected chi connectivity index (χ2v) is 5.66. The third-order valence-corrected chi connectivity index (χ3v) is 3.05. The molecule has 1 rings (SSSR count).